The first-order valence-electron chi connectivity index (χ1n) is 4.83. The first-order valence-corrected chi connectivity index (χ1v) is 4.83. The normalized spacial score (nSPS) is 20.8. The fourth-order valence-electron chi connectivity index (χ4n) is 1.43. The third-order valence-corrected chi connectivity index (χ3v) is 2.83. The Bertz CT molecular complexity index is 95.2. The van der Waals surface area contributed by atoms with Crippen LogP contribution in [-0.4, -0.2) is 0 Å². The van der Waals surface area contributed by atoms with Gasteiger partial charge in [-0.2, -0.15) is 11.8 Å². The third-order valence-electron chi connectivity index (χ3n) is 2.83. The number of rotatable bonds is 2. The second-order valence-electron chi connectivity index (χ2n) is 3.41. The molecule has 0 saturated heterocycles. The van der Waals surface area contributed by atoms with E-state index < -0.39 is 0 Å². The maximum Gasteiger partial charge on any atom is 2.00 e. The van der Waals surface area contributed by atoms with Gasteiger partial charge in [0.15, 0.2) is 0 Å². The molecule has 0 radical (unpaired) electrons. The Kier molecular flexibility index (Phi) is 9.01. The van der Waals surface area contributed by atoms with Gasteiger partial charge < -0.3 is 13.8 Å². The van der Waals surface area contributed by atoms with E-state index in [1.165, 1.54) is 19.3 Å². The van der Waals surface area contributed by atoms with E-state index in [2.05, 4.69) is 20.8 Å². The van der Waals surface area contributed by atoms with Gasteiger partial charge in [-0.1, -0.05) is 46.0 Å². The molecule has 0 heterocycles. The minimum atomic E-state index is 0. The van der Waals surface area contributed by atoms with Crippen molar-refractivity contribution in [2.75, 3.05) is 0 Å². The third kappa shape index (κ3) is 3.60. The molecule has 0 aromatic carbocycles. The molecule has 72 valence electrons. The van der Waals surface area contributed by atoms with Crippen LogP contribution in [-0.2, 0) is 21.1 Å². The van der Waals surface area contributed by atoms with E-state index in [0.717, 1.165) is 12.3 Å². The van der Waals surface area contributed by atoms with Gasteiger partial charge in [0.25, 0.3) is 0 Å². The van der Waals surface area contributed by atoms with Gasteiger partial charge in [0.2, 0.25) is 0 Å². The average molecular weight is 338 g/mol. The van der Waals surface area contributed by atoms with Gasteiger partial charge in [0.05, 0.1) is 0 Å². The summed E-state index contributed by atoms with van der Waals surface area (Å²) >= 11 is 0. The zero-order valence-corrected chi connectivity index (χ0v) is 11.7. The van der Waals surface area contributed by atoms with Crippen LogP contribution >= 0.6 is 0 Å². The summed E-state index contributed by atoms with van der Waals surface area (Å²) in [6, 6.07) is 0. The Morgan fingerprint density at radius 1 is 1.33 bits per heavy atom. The van der Waals surface area contributed by atoms with E-state index in [1.807, 2.05) is 13.8 Å². The Balaban J connectivity index is 0. The second kappa shape index (κ2) is 7.13. The Morgan fingerprint density at radius 3 is 1.83 bits per heavy atom. The van der Waals surface area contributed by atoms with E-state index in [0.29, 0.717) is 5.41 Å². The van der Waals surface area contributed by atoms with Crippen molar-refractivity contribution in [3.8, 4) is 0 Å². The molecule has 0 nitrogen and oxygen atoms in total. The Morgan fingerprint density at radius 2 is 1.75 bits per heavy atom. The predicted molar refractivity (Wildman–Crippen MR) is 52.1 cm³/mol. The molecule has 12 heavy (non-hydrogen) atoms. The topological polar surface area (TPSA) is 0 Å². The predicted octanol–water partition coefficient (Wildman–Crippen LogP) is 3.87. The second-order valence-corrected chi connectivity index (χ2v) is 3.41. The van der Waals surface area contributed by atoms with Gasteiger partial charge >= 0.3 is 21.1 Å². The van der Waals surface area contributed by atoms with E-state index in [1.54, 1.807) is 0 Å². The zero-order chi connectivity index (χ0) is 8.91. The minimum Gasteiger partial charge on any atom is -0.343 e. The summed E-state index contributed by atoms with van der Waals surface area (Å²) in [4.78, 5) is 0. The maximum atomic E-state index is 4.21. The van der Waals surface area contributed by atoms with E-state index in [-0.39, 0.29) is 21.1 Å². The molecule has 0 N–H and O–H groups in total. The molecule has 1 heteroatoms. The van der Waals surface area contributed by atoms with Gasteiger partial charge in [0.1, 0.15) is 0 Å². The van der Waals surface area contributed by atoms with E-state index >= 15 is 0 Å². The average Bonchev–Trinajstić information content (AvgIpc) is 2.02. The standard InChI is InChI=1S/C9H16.C2H6.W/c1-4-8(2)9(3)6-5-7-9;1-2;/h8H,1,3-7H2,2H3;1-2H3;/q-2;;+2. The number of hydrogen-bond donors (Lipinski definition) is 0. The van der Waals surface area contributed by atoms with Gasteiger partial charge in [-0.15, -0.1) is 0 Å². The molecule has 0 aromatic rings. The molecule has 1 aliphatic carbocycles. The van der Waals surface area contributed by atoms with Crippen molar-refractivity contribution in [3.05, 3.63) is 13.8 Å². The Labute approximate surface area is 92.8 Å². The van der Waals surface area contributed by atoms with Crippen molar-refractivity contribution in [2.45, 2.75) is 46.5 Å². The van der Waals surface area contributed by atoms with Crippen molar-refractivity contribution in [1.29, 1.82) is 0 Å². The first-order chi connectivity index (χ1) is 5.19. The smallest absolute Gasteiger partial charge is 0.343 e. The molecule has 0 spiro atoms. The van der Waals surface area contributed by atoms with Crippen LogP contribution in [0.3, 0.4) is 0 Å². The Hall–Kier alpha value is 0.688. The van der Waals surface area contributed by atoms with Crippen LogP contribution in [0.5, 0.6) is 0 Å². The van der Waals surface area contributed by atoms with Crippen LogP contribution in [0.1, 0.15) is 46.5 Å². The molecule has 1 aliphatic rings. The molecule has 1 atom stereocenters. The van der Waals surface area contributed by atoms with Gasteiger partial charge in [-0.25, -0.2) is 0 Å². The van der Waals surface area contributed by atoms with Crippen molar-refractivity contribution in [3.63, 3.8) is 0 Å². The van der Waals surface area contributed by atoms with Crippen LogP contribution in [0, 0.1) is 25.2 Å². The van der Waals surface area contributed by atoms with Crippen molar-refractivity contribution in [2.24, 2.45) is 11.3 Å². The minimum absolute atomic E-state index is 0. The first kappa shape index (κ1) is 15.2. The SMILES string of the molecule is CC.[CH2-]CC(C)C1([CH2-])CCC1.[W+2]. The van der Waals surface area contributed by atoms with Gasteiger partial charge in [0, 0.05) is 0 Å². The summed E-state index contributed by atoms with van der Waals surface area (Å²) in [6.07, 6.45) is 5.07. The van der Waals surface area contributed by atoms with Gasteiger partial charge in [-0.05, 0) is 0 Å². The maximum absolute atomic E-state index is 4.21. The molecular weight excluding hydrogens is 316 g/mol. The van der Waals surface area contributed by atoms with Crippen LogP contribution < -0.4 is 0 Å². The van der Waals surface area contributed by atoms with Crippen molar-refractivity contribution in [1.82, 2.24) is 0 Å². The summed E-state index contributed by atoms with van der Waals surface area (Å²) in [6.45, 7) is 14.4. The molecule has 0 amide bonds. The summed E-state index contributed by atoms with van der Waals surface area (Å²) in [5, 5.41) is 0. The molecule has 1 fully saturated rings. The summed E-state index contributed by atoms with van der Waals surface area (Å²) in [7, 11) is 0. The molecule has 0 aliphatic heterocycles. The molecule has 0 aromatic heterocycles. The van der Waals surface area contributed by atoms with Crippen LogP contribution in [0.4, 0.5) is 0 Å². The summed E-state index contributed by atoms with van der Waals surface area (Å²) in [5.41, 5.74) is 0.418. The number of hydrogen-bond acceptors (Lipinski definition) is 0. The zero-order valence-electron chi connectivity index (χ0n) is 8.73. The van der Waals surface area contributed by atoms with Crippen molar-refractivity contribution < 1.29 is 21.1 Å². The van der Waals surface area contributed by atoms with Crippen LogP contribution in [0.25, 0.3) is 0 Å². The molecule has 0 bridgehead atoms. The molecule has 1 rings (SSSR count). The fourth-order valence-corrected chi connectivity index (χ4v) is 1.43. The van der Waals surface area contributed by atoms with Crippen LogP contribution in [0.2, 0.25) is 0 Å². The monoisotopic (exact) mass is 338 g/mol. The molecule has 1 saturated carbocycles. The fraction of sp³-hybridized carbons (Fsp3) is 0.818. The van der Waals surface area contributed by atoms with Crippen molar-refractivity contribution >= 4 is 0 Å². The summed E-state index contributed by atoms with van der Waals surface area (Å²) < 4.78 is 0. The largest absolute Gasteiger partial charge is 2.00 e. The molecular formula is C11H22W. The molecule has 1 unspecified atom stereocenters. The van der Waals surface area contributed by atoms with Gasteiger partial charge in [-0.3, -0.25) is 0 Å². The quantitative estimate of drug-likeness (QED) is 0.671. The van der Waals surface area contributed by atoms with Crippen LogP contribution in [0.15, 0.2) is 0 Å². The van der Waals surface area contributed by atoms with E-state index in [4.69, 9.17) is 0 Å². The summed E-state index contributed by atoms with van der Waals surface area (Å²) in [5.74, 6) is 0.728. The van der Waals surface area contributed by atoms with E-state index in [9.17, 15) is 0 Å².